The number of carbonyl (C=O) groups excluding carboxylic acids is 1. The Hall–Kier alpha value is -2.75. The minimum atomic E-state index is -0.833. The Balaban J connectivity index is 3.18. The van der Waals surface area contributed by atoms with Crippen molar-refractivity contribution < 1.29 is 14.6 Å². The molecule has 0 bridgehead atoms. The van der Waals surface area contributed by atoms with E-state index in [1.165, 1.54) is 18.2 Å². The van der Waals surface area contributed by atoms with E-state index in [0.29, 0.717) is 12.8 Å². The number of benzene rings is 1. The van der Waals surface area contributed by atoms with Gasteiger partial charge in [-0.25, -0.2) is 0 Å². The van der Waals surface area contributed by atoms with Crippen LogP contribution in [0.5, 0.6) is 0 Å². The molecule has 1 amide bonds. The van der Waals surface area contributed by atoms with E-state index in [0.717, 1.165) is 13.0 Å². The van der Waals surface area contributed by atoms with Crippen molar-refractivity contribution in [3.05, 3.63) is 38.4 Å². The topological polar surface area (TPSA) is 139 Å². The van der Waals surface area contributed by atoms with Crippen LogP contribution < -0.4 is 16.0 Å². The van der Waals surface area contributed by atoms with Crippen LogP contribution in [0, 0.1) is 20.2 Å². The molecule has 10 heteroatoms. The molecule has 1 aromatic rings. The molecule has 0 saturated carbocycles. The maximum atomic E-state index is 12.7. The molecule has 1 atom stereocenters. The summed E-state index contributed by atoms with van der Waals surface area (Å²) in [5.74, 6) is -0.362. The molecule has 0 heterocycles. The molecule has 0 spiro atoms. The number of nitrogens with one attached hydrogen (secondary N) is 3. The average molecular weight is 381 g/mol. The lowest BCUT2D eigenvalue weighted by molar-refractivity contribution is -0.392. The van der Waals surface area contributed by atoms with Gasteiger partial charge in [0.25, 0.3) is 11.4 Å². The number of para-hydroxylation sites is 1. The zero-order valence-electron chi connectivity index (χ0n) is 16.1. The molecule has 0 aliphatic heterocycles. The molecule has 3 N–H and O–H groups in total. The first-order valence-corrected chi connectivity index (χ1v) is 8.71. The first kappa shape index (κ1) is 22.3. The first-order valence-electron chi connectivity index (χ1n) is 8.71. The van der Waals surface area contributed by atoms with Gasteiger partial charge in [0.05, 0.1) is 9.85 Å². The number of carbonyl (C=O) groups is 1. The van der Waals surface area contributed by atoms with Gasteiger partial charge in [0.2, 0.25) is 5.91 Å². The molecule has 10 nitrogen and oxygen atoms in total. The number of rotatable bonds is 10. The summed E-state index contributed by atoms with van der Waals surface area (Å²) in [6, 6.07) is 2.77. The number of hydrogen-bond acceptors (Lipinski definition) is 7. The zero-order chi connectivity index (χ0) is 20.6. The molecule has 0 unspecified atom stereocenters. The number of unbranched alkanes of at least 4 members (excludes halogenated alkanes) is 1. The molecule has 150 valence electrons. The lowest BCUT2D eigenvalue weighted by Crippen LogP contribution is -2.48. The smallest absolute Gasteiger partial charge is 0.299 e. The van der Waals surface area contributed by atoms with Crippen molar-refractivity contribution in [1.82, 2.24) is 10.6 Å². The summed E-state index contributed by atoms with van der Waals surface area (Å²) >= 11 is 0. The van der Waals surface area contributed by atoms with Gasteiger partial charge in [0.1, 0.15) is 6.04 Å². The van der Waals surface area contributed by atoms with Crippen molar-refractivity contribution in [2.24, 2.45) is 0 Å². The highest BCUT2D eigenvalue weighted by atomic mass is 16.6. The van der Waals surface area contributed by atoms with E-state index >= 15 is 0 Å². The molecule has 1 rings (SSSR count). The molecule has 0 aromatic heterocycles. The molecule has 27 heavy (non-hydrogen) atoms. The average Bonchev–Trinajstić information content (AvgIpc) is 2.55. The number of hydrogen-bond donors (Lipinski definition) is 3. The Kier molecular flexibility index (Phi) is 8.10. The number of amides is 1. The van der Waals surface area contributed by atoms with Gasteiger partial charge in [-0.2, -0.15) is 0 Å². The normalized spacial score (nSPS) is 12.3. The first-order chi connectivity index (χ1) is 12.6. The Morgan fingerprint density at radius 2 is 1.67 bits per heavy atom. The maximum Gasteiger partial charge on any atom is 0.299 e. The molecular weight excluding hydrogens is 354 g/mol. The third-order valence-corrected chi connectivity index (χ3v) is 3.72. The standard InChI is InChI=1S/C17H27N5O5/c1-17(2,3)20-16(23)12(8-5-6-11-18-4)19-15-13(21(24)25)9-7-10-14(15)22(26)27/h7,9-10,12,18-19H,5-6,8,11H2,1-4H3,(H,20,23)/t12-/m0/s1. The van der Waals surface area contributed by atoms with Crippen molar-refractivity contribution in [3.63, 3.8) is 0 Å². The van der Waals surface area contributed by atoms with Crippen molar-refractivity contribution in [2.45, 2.75) is 51.6 Å². The van der Waals surface area contributed by atoms with Gasteiger partial charge in [-0.05, 0) is 59.7 Å². The minimum Gasteiger partial charge on any atom is -0.362 e. The largest absolute Gasteiger partial charge is 0.362 e. The van der Waals surface area contributed by atoms with Gasteiger partial charge in [-0.3, -0.25) is 25.0 Å². The number of nitrogens with zero attached hydrogens (tertiary/aromatic N) is 2. The Bertz CT molecular complexity index is 655. The van der Waals surface area contributed by atoms with Crippen LogP contribution in [-0.4, -0.2) is 40.9 Å². The molecule has 0 aliphatic carbocycles. The van der Waals surface area contributed by atoms with Crippen molar-refractivity contribution in [1.29, 1.82) is 0 Å². The molecule has 0 radical (unpaired) electrons. The Morgan fingerprint density at radius 3 is 2.11 bits per heavy atom. The summed E-state index contributed by atoms with van der Waals surface area (Å²) in [7, 11) is 1.82. The van der Waals surface area contributed by atoms with E-state index in [2.05, 4.69) is 16.0 Å². The van der Waals surface area contributed by atoms with Gasteiger partial charge in [-0.1, -0.05) is 0 Å². The molecule has 1 aromatic carbocycles. The van der Waals surface area contributed by atoms with E-state index in [1.54, 1.807) is 0 Å². The summed E-state index contributed by atoms with van der Waals surface area (Å²) in [5.41, 5.74) is -1.63. The fourth-order valence-corrected chi connectivity index (χ4v) is 2.53. The van der Waals surface area contributed by atoms with Crippen molar-refractivity contribution in [2.75, 3.05) is 18.9 Å². The van der Waals surface area contributed by atoms with E-state index in [4.69, 9.17) is 0 Å². The summed E-state index contributed by atoms with van der Waals surface area (Å²) in [6.07, 6.45) is 1.85. The molecule has 0 fully saturated rings. The van der Waals surface area contributed by atoms with Gasteiger partial charge >= 0.3 is 0 Å². The second-order valence-corrected chi connectivity index (χ2v) is 7.22. The van der Waals surface area contributed by atoms with Crippen LogP contribution in [0.15, 0.2) is 18.2 Å². The second kappa shape index (κ2) is 9.81. The van der Waals surface area contributed by atoms with E-state index < -0.39 is 32.8 Å². The van der Waals surface area contributed by atoms with Crippen molar-refractivity contribution >= 4 is 23.0 Å². The van der Waals surface area contributed by atoms with Crippen LogP contribution in [0.2, 0.25) is 0 Å². The lowest BCUT2D eigenvalue weighted by Gasteiger charge is -2.26. The van der Waals surface area contributed by atoms with Crippen LogP contribution >= 0.6 is 0 Å². The minimum absolute atomic E-state index is 0.254. The maximum absolute atomic E-state index is 12.7. The predicted molar refractivity (Wildman–Crippen MR) is 103 cm³/mol. The quantitative estimate of drug-likeness (QED) is 0.321. The third kappa shape index (κ3) is 7.18. The van der Waals surface area contributed by atoms with Crippen LogP contribution in [-0.2, 0) is 4.79 Å². The predicted octanol–water partition coefficient (Wildman–Crippen LogP) is 2.59. The molecule has 0 aliphatic rings. The summed E-state index contributed by atoms with van der Waals surface area (Å²) in [6.45, 7) is 6.21. The van der Waals surface area contributed by atoms with E-state index in [9.17, 15) is 25.0 Å². The third-order valence-electron chi connectivity index (χ3n) is 3.72. The molecular formula is C17H27N5O5. The second-order valence-electron chi connectivity index (χ2n) is 7.22. The van der Waals surface area contributed by atoms with Crippen LogP contribution in [0.1, 0.15) is 40.0 Å². The van der Waals surface area contributed by atoms with Gasteiger partial charge < -0.3 is 16.0 Å². The number of anilines is 1. The van der Waals surface area contributed by atoms with E-state index in [1.807, 2.05) is 27.8 Å². The highest BCUT2D eigenvalue weighted by Crippen LogP contribution is 2.34. The Labute approximate surface area is 158 Å². The van der Waals surface area contributed by atoms with Gasteiger partial charge in [0.15, 0.2) is 5.69 Å². The highest BCUT2D eigenvalue weighted by Gasteiger charge is 2.30. The fourth-order valence-electron chi connectivity index (χ4n) is 2.53. The fraction of sp³-hybridized carbons (Fsp3) is 0.588. The summed E-state index contributed by atoms with van der Waals surface area (Å²) in [5, 5.41) is 31.2. The van der Waals surface area contributed by atoms with Crippen LogP contribution in [0.3, 0.4) is 0 Å². The highest BCUT2D eigenvalue weighted by molar-refractivity contribution is 5.87. The van der Waals surface area contributed by atoms with Gasteiger partial charge in [0, 0.05) is 17.7 Å². The molecule has 0 saturated heterocycles. The van der Waals surface area contributed by atoms with Crippen LogP contribution in [0.25, 0.3) is 0 Å². The summed E-state index contributed by atoms with van der Waals surface area (Å²) < 4.78 is 0. The Morgan fingerprint density at radius 1 is 1.11 bits per heavy atom. The summed E-state index contributed by atoms with van der Waals surface area (Å²) in [4.78, 5) is 33.9. The van der Waals surface area contributed by atoms with Crippen LogP contribution in [0.4, 0.5) is 17.1 Å². The number of nitro groups is 2. The number of nitro benzene ring substituents is 2. The lowest BCUT2D eigenvalue weighted by atomic mass is 10.0. The SMILES string of the molecule is CNCCCC[C@H](Nc1c([N+](=O)[O-])cccc1[N+](=O)[O-])C(=O)NC(C)(C)C. The zero-order valence-corrected chi connectivity index (χ0v) is 16.1. The van der Waals surface area contributed by atoms with Crippen molar-refractivity contribution in [3.8, 4) is 0 Å². The van der Waals surface area contributed by atoms with E-state index in [-0.39, 0.29) is 11.6 Å². The monoisotopic (exact) mass is 381 g/mol. The van der Waals surface area contributed by atoms with Gasteiger partial charge in [-0.15, -0.1) is 0 Å².